The molecule has 6 heteroatoms. The van der Waals surface area contributed by atoms with Gasteiger partial charge in [0.1, 0.15) is 17.4 Å². The molecular weight excluding hydrogens is 324 g/mol. The van der Waals surface area contributed by atoms with Crippen molar-refractivity contribution in [2.45, 2.75) is 45.6 Å². The number of nitrogens with one attached hydrogen (secondary N) is 2. The van der Waals surface area contributed by atoms with Gasteiger partial charge < -0.3 is 10.6 Å². The molecule has 3 aromatic rings. The summed E-state index contributed by atoms with van der Waals surface area (Å²) in [7, 11) is 0. The number of aromatic nitrogens is 4. The fraction of sp³-hybridized carbons (Fsp3) is 0.400. The molecule has 0 amide bonds. The molecule has 134 valence electrons. The van der Waals surface area contributed by atoms with E-state index in [1.54, 1.807) is 12.5 Å². The Morgan fingerprint density at radius 2 is 2.04 bits per heavy atom. The molecule has 1 aliphatic rings. The van der Waals surface area contributed by atoms with Crippen LogP contribution in [0.25, 0.3) is 11.0 Å². The van der Waals surface area contributed by atoms with Crippen LogP contribution in [-0.2, 0) is 0 Å². The number of benzene rings is 1. The van der Waals surface area contributed by atoms with Crippen LogP contribution in [0.5, 0.6) is 0 Å². The second-order valence-corrected chi connectivity index (χ2v) is 7.26. The monoisotopic (exact) mass is 348 g/mol. The average Bonchev–Trinajstić information content (AvgIpc) is 2.62. The maximum Gasteiger partial charge on any atom is 0.223 e. The molecule has 0 aliphatic heterocycles. The molecule has 2 N–H and O–H groups in total. The van der Waals surface area contributed by atoms with Gasteiger partial charge in [-0.25, -0.2) is 19.9 Å². The van der Waals surface area contributed by atoms with Crippen LogP contribution in [0.1, 0.15) is 38.2 Å². The number of anilines is 3. The molecule has 0 saturated heterocycles. The second kappa shape index (κ2) is 7.23. The van der Waals surface area contributed by atoms with E-state index in [2.05, 4.69) is 51.6 Å². The van der Waals surface area contributed by atoms with E-state index in [4.69, 9.17) is 4.98 Å². The van der Waals surface area contributed by atoms with Gasteiger partial charge in [-0.15, -0.1) is 0 Å². The summed E-state index contributed by atoms with van der Waals surface area (Å²) in [6.07, 6.45) is 8.22. The van der Waals surface area contributed by atoms with Crippen molar-refractivity contribution >= 4 is 28.5 Å². The first-order valence-corrected chi connectivity index (χ1v) is 9.25. The number of rotatable bonds is 4. The van der Waals surface area contributed by atoms with Gasteiger partial charge in [-0.2, -0.15) is 0 Å². The second-order valence-electron chi connectivity index (χ2n) is 7.26. The molecule has 1 saturated carbocycles. The van der Waals surface area contributed by atoms with Crippen molar-refractivity contribution in [1.29, 1.82) is 0 Å². The standard InChI is InChI=1S/C20H24N6/c1-13-5-3-7-15(9-13)24-19-18-17(22-12-23-19)11-21-20(26-18)25-16-8-4-6-14(2)10-16/h3,5,7,9,11-12,14,16H,4,6,8,10H2,1-2H3,(H,21,25,26)(H,22,23,24). The van der Waals surface area contributed by atoms with Crippen LogP contribution >= 0.6 is 0 Å². The average molecular weight is 348 g/mol. The van der Waals surface area contributed by atoms with Crippen molar-refractivity contribution in [2.75, 3.05) is 10.6 Å². The number of nitrogens with zero attached hydrogens (tertiary/aromatic N) is 4. The summed E-state index contributed by atoms with van der Waals surface area (Å²) in [4.78, 5) is 17.8. The molecule has 6 nitrogen and oxygen atoms in total. The normalized spacial score (nSPS) is 20.1. The van der Waals surface area contributed by atoms with Crippen molar-refractivity contribution in [3.8, 4) is 0 Å². The third-order valence-electron chi connectivity index (χ3n) is 4.93. The van der Waals surface area contributed by atoms with Crippen LogP contribution in [0.3, 0.4) is 0 Å². The molecule has 4 rings (SSSR count). The lowest BCUT2D eigenvalue weighted by atomic mass is 9.87. The predicted octanol–water partition coefficient (Wildman–Crippen LogP) is 4.46. The molecule has 2 atom stereocenters. The highest BCUT2D eigenvalue weighted by Crippen LogP contribution is 2.26. The van der Waals surface area contributed by atoms with Gasteiger partial charge in [0.05, 0.1) is 6.20 Å². The molecule has 1 aromatic carbocycles. The molecule has 1 aliphatic carbocycles. The van der Waals surface area contributed by atoms with E-state index in [9.17, 15) is 0 Å². The lowest BCUT2D eigenvalue weighted by Crippen LogP contribution is -2.27. The minimum atomic E-state index is 0.439. The minimum Gasteiger partial charge on any atom is -0.351 e. The SMILES string of the molecule is Cc1cccc(Nc2ncnc3cnc(NC4CCCC(C)C4)nc23)c1. The number of hydrogen-bond donors (Lipinski definition) is 2. The summed E-state index contributed by atoms with van der Waals surface area (Å²) < 4.78 is 0. The van der Waals surface area contributed by atoms with Gasteiger partial charge in [0.15, 0.2) is 5.82 Å². The third kappa shape index (κ3) is 3.74. The molecule has 0 radical (unpaired) electrons. The fourth-order valence-corrected chi connectivity index (χ4v) is 3.62. The molecule has 0 spiro atoms. The summed E-state index contributed by atoms with van der Waals surface area (Å²) in [6, 6.07) is 8.63. The first kappa shape index (κ1) is 16.7. The topological polar surface area (TPSA) is 75.6 Å². The highest BCUT2D eigenvalue weighted by atomic mass is 15.1. The first-order chi connectivity index (χ1) is 12.7. The molecule has 2 heterocycles. The summed E-state index contributed by atoms with van der Waals surface area (Å²) in [5.74, 6) is 2.10. The highest BCUT2D eigenvalue weighted by Gasteiger charge is 2.19. The van der Waals surface area contributed by atoms with Gasteiger partial charge in [0, 0.05) is 11.7 Å². The molecular formula is C20H24N6. The fourth-order valence-electron chi connectivity index (χ4n) is 3.62. The highest BCUT2D eigenvalue weighted by molar-refractivity contribution is 5.87. The number of aryl methyl sites for hydroxylation is 1. The van der Waals surface area contributed by atoms with Crippen molar-refractivity contribution in [1.82, 2.24) is 19.9 Å². The summed E-state index contributed by atoms with van der Waals surface area (Å²) in [5.41, 5.74) is 3.64. The molecule has 2 aromatic heterocycles. The Labute approximate surface area is 153 Å². The van der Waals surface area contributed by atoms with Gasteiger partial charge in [-0.3, -0.25) is 0 Å². The van der Waals surface area contributed by atoms with Crippen LogP contribution in [0.15, 0.2) is 36.8 Å². The summed E-state index contributed by atoms with van der Waals surface area (Å²) in [6.45, 7) is 4.38. The third-order valence-corrected chi connectivity index (χ3v) is 4.93. The van der Waals surface area contributed by atoms with Crippen LogP contribution in [-0.4, -0.2) is 26.0 Å². The number of hydrogen-bond acceptors (Lipinski definition) is 6. The molecule has 2 unspecified atom stereocenters. The minimum absolute atomic E-state index is 0.439. The van der Waals surface area contributed by atoms with Gasteiger partial charge in [-0.05, 0) is 43.4 Å². The molecule has 0 bridgehead atoms. The van der Waals surface area contributed by atoms with Crippen molar-refractivity contribution in [2.24, 2.45) is 5.92 Å². The lowest BCUT2D eigenvalue weighted by Gasteiger charge is -2.27. The Kier molecular flexibility index (Phi) is 4.65. The van der Waals surface area contributed by atoms with E-state index >= 15 is 0 Å². The smallest absolute Gasteiger partial charge is 0.223 e. The Morgan fingerprint density at radius 1 is 1.12 bits per heavy atom. The lowest BCUT2D eigenvalue weighted by molar-refractivity contribution is 0.358. The largest absolute Gasteiger partial charge is 0.351 e. The summed E-state index contributed by atoms with van der Waals surface area (Å²) >= 11 is 0. The quantitative estimate of drug-likeness (QED) is 0.725. The maximum absolute atomic E-state index is 4.70. The van der Waals surface area contributed by atoms with Crippen LogP contribution in [0, 0.1) is 12.8 Å². The zero-order valence-electron chi connectivity index (χ0n) is 15.2. The Hall–Kier alpha value is -2.76. The van der Waals surface area contributed by atoms with Crippen LogP contribution in [0.4, 0.5) is 17.5 Å². The molecule has 1 fully saturated rings. The van der Waals surface area contributed by atoms with Crippen molar-refractivity contribution in [3.05, 3.63) is 42.4 Å². The van der Waals surface area contributed by atoms with E-state index in [0.29, 0.717) is 17.8 Å². The van der Waals surface area contributed by atoms with E-state index in [1.165, 1.54) is 31.2 Å². The van der Waals surface area contributed by atoms with E-state index in [1.807, 2.05) is 12.1 Å². The maximum atomic E-state index is 4.70. The van der Waals surface area contributed by atoms with Crippen LogP contribution < -0.4 is 10.6 Å². The van der Waals surface area contributed by atoms with Crippen LogP contribution in [0.2, 0.25) is 0 Å². The summed E-state index contributed by atoms with van der Waals surface area (Å²) in [5, 5.41) is 6.85. The van der Waals surface area contributed by atoms with Gasteiger partial charge in [0.2, 0.25) is 5.95 Å². The van der Waals surface area contributed by atoms with E-state index < -0.39 is 0 Å². The first-order valence-electron chi connectivity index (χ1n) is 9.25. The van der Waals surface area contributed by atoms with Crippen molar-refractivity contribution in [3.63, 3.8) is 0 Å². The van der Waals surface area contributed by atoms with Gasteiger partial charge in [0.25, 0.3) is 0 Å². The Morgan fingerprint density at radius 3 is 2.88 bits per heavy atom. The Bertz CT molecular complexity index is 910. The predicted molar refractivity (Wildman–Crippen MR) is 105 cm³/mol. The zero-order chi connectivity index (χ0) is 17.9. The zero-order valence-corrected chi connectivity index (χ0v) is 15.2. The van der Waals surface area contributed by atoms with Gasteiger partial charge >= 0.3 is 0 Å². The molecule has 26 heavy (non-hydrogen) atoms. The van der Waals surface area contributed by atoms with E-state index in [0.717, 1.165) is 22.6 Å². The van der Waals surface area contributed by atoms with Gasteiger partial charge in [-0.1, -0.05) is 31.9 Å². The van der Waals surface area contributed by atoms with E-state index in [-0.39, 0.29) is 0 Å². The number of fused-ring (bicyclic) bond motifs is 1. The Balaban J connectivity index is 1.61. The van der Waals surface area contributed by atoms with Crippen molar-refractivity contribution < 1.29 is 0 Å².